The van der Waals surface area contributed by atoms with Crippen molar-refractivity contribution in [3.63, 3.8) is 0 Å². The fourth-order valence-electron chi connectivity index (χ4n) is 3.09. The van der Waals surface area contributed by atoms with Crippen molar-refractivity contribution >= 4 is 23.4 Å². The summed E-state index contributed by atoms with van der Waals surface area (Å²) in [6.45, 7) is 2.04. The number of fused-ring (bicyclic) bond motifs is 1. The van der Waals surface area contributed by atoms with E-state index in [1.165, 1.54) is 7.05 Å². The van der Waals surface area contributed by atoms with Crippen LogP contribution < -0.4 is 5.32 Å². The summed E-state index contributed by atoms with van der Waals surface area (Å²) in [5.41, 5.74) is 2.20. The van der Waals surface area contributed by atoms with E-state index in [-0.39, 0.29) is 23.6 Å². The third kappa shape index (κ3) is 3.18. The molecule has 1 heterocycles. The predicted octanol–water partition coefficient (Wildman–Crippen LogP) is 3.43. The van der Waals surface area contributed by atoms with Crippen LogP contribution in [0, 0.1) is 0 Å². The van der Waals surface area contributed by atoms with Crippen molar-refractivity contribution in [2.45, 2.75) is 25.7 Å². The maximum absolute atomic E-state index is 12.7. The highest BCUT2D eigenvalue weighted by molar-refractivity contribution is 6.21. The summed E-state index contributed by atoms with van der Waals surface area (Å²) in [5, 5.41) is 2.88. The fraction of sp³-hybridized carbons (Fsp3) is 0.250. The molecule has 128 valence electrons. The quantitative estimate of drug-likeness (QED) is 0.851. The number of amides is 3. The van der Waals surface area contributed by atoms with Gasteiger partial charge in [0.15, 0.2) is 0 Å². The summed E-state index contributed by atoms with van der Waals surface area (Å²) in [6.07, 6.45) is 1.62. The first-order chi connectivity index (χ1) is 12.0. The van der Waals surface area contributed by atoms with Gasteiger partial charge >= 0.3 is 0 Å². The van der Waals surface area contributed by atoms with Crippen LogP contribution in [0.4, 0.5) is 5.69 Å². The molecule has 1 aliphatic heterocycles. The lowest BCUT2D eigenvalue weighted by molar-refractivity contribution is -0.117. The van der Waals surface area contributed by atoms with E-state index in [9.17, 15) is 14.4 Å². The van der Waals surface area contributed by atoms with Crippen molar-refractivity contribution < 1.29 is 14.4 Å². The van der Waals surface area contributed by atoms with Crippen LogP contribution in [0.15, 0.2) is 48.5 Å². The van der Waals surface area contributed by atoms with Gasteiger partial charge in [-0.3, -0.25) is 19.3 Å². The average molecular weight is 336 g/mol. The third-order valence-electron chi connectivity index (χ3n) is 4.45. The lowest BCUT2D eigenvalue weighted by Crippen LogP contribution is -2.24. The van der Waals surface area contributed by atoms with Crippen molar-refractivity contribution in [3.8, 4) is 0 Å². The number of nitrogens with zero attached hydrogens (tertiary/aromatic N) is 1. The molecule has 3 rings (SSSR count). The lowest BCUT2D eigenvalue weighted by Gasteiger charge is -2.17. The number of rotatable bonds is 5. The van der Waals surface area contributed by atoms with E-state index in [0.29, 0.717) is 16.8 Å². The molecule has 5 nitrogen and oxygen atoms in total. The topological polar surface area (TPSA) is 66.5 Å². The van der Waals surface area contributed by atoms with Crippen molar-refractivity contribution in [2.24, 2.45) is 0 Å². The van der Waals surface area contributed by atoms with Gasteiger partial charge in [-0.2, -0.15) is 0 Å². The first-order valence-electron chi connectivity index (χ1n) is 8.35. The molecule has 0 aromatic heterocycles. The summed E-state index contributed by atoms with van der Waals surface area (Å²) in [4.78, 5) is 37.9. The average Bonchev–Trinajstić information content (AvgIpc) is 2.84. The molecule has 2 aromatic carbocycles. The minimum absolute atomic E-state index is 0.113. The molecule has 0 saturated carbocycles. The second-order valence-electron chi connectivity index (χ2n) is 6.17. The van der Waals surface area contributed by atoms with E-state index in [0.717, 1.165) is 23.3 Å². The fourth-order valence-corrected chi connectivity index (χ4v) is 3.09. The van der Waals surface area contributed by atoms with Gasteiger partial charge in [0.2, 0.25) is 5.91 Å². The second kappa shape index (κ2) is 6.89. The molecule has 0 spiro atoms. The molecule has 1 N–H and O–H groups in total. The monoisotopic (exact) mass is 336 g/mol. The SMILES string of the molecule is CCC[C@@H](C(=O)Nc1ccc2c(c1)C(=O)N(C)C2=O)c1ccccc1. The first-order valence-corrected chi connectivity index (χ1v) is 8.35. The van der Waals surface area contributed by atoms with Gasteiger partial charge in [-0.1, -0.05) is 43.7 Å². The lowest BCUT2D eigenvalue weighted by atomic mass is 9.93. The maximum Gasteiger partial charge on any atom is 0.261 e. The van der Waals surface area contributed by atoms with E-state index >= 15 is 0 Å². The Labute approximate surface area is 146 Å². The highest BCUT2D eigenvalue weighted by Crippen LogP contribution is 2.27. The number of benzene rings is 2. The molecule has 5 heteroatoms. The van der Waals surface area contributed by atoms with E-state index in [2.05, 4.69) is 5.32 Å². The molecular formula is C20H20N2O3. The van der Waals surface area contributed by atoms with Gasteiger partial charge in [0.1, 0.15) is 0 Å². The second-order valence-corrected chi connectivity index (χ2v) is 6.17. The molecule has 0 radical (unpaired) electrons. The van der Waals surface area contributed by atoms with Crippen molar-refractivity contribution in [1.82, 2.24) is 4.90 Å². The highest BCUT2D eigenvalue weighted by atomic mass is 16.2. The summed E-state index contributed by atoms with van der Waals surface area (Å²) in [5.74, 6) is -1.02. The highest BCUT2D eigenvalue weighted by Gasteiger charge is 2.33. The van der Waals surface area contributed by atoms with Crippen molar-refractivity contribution in [3.05, 3.63) is 65.2 Å². The number of hydrogen-bond donors (Lipinski definition) is 1. The Balaban J connectivity index is 1.83. The van der Waals surface area contributed by atoms with E-state index in [1.54, 1.807) is 18.2 Å². The summed E-state index contributed by atoms with van der Waals surface area (Å²) < 4.78 is 0. The van der Waals surface area contributed by atoms with E-state index in [4.69, 9.17) is 0 Å². The first kappa shape index (κ1) is 16.9. The van der Waals surface area contributed by atoms with E-state index in [1.807, 2.05) is 37.3 Å². The Hall–Kier alpha value is -2.95. The molecular weight excluding hydrogens is 316 g/mol. The number of hydrogen-bond acceptors (Lipinski definition) is 3. The number of carbonyl (C=O) groups excluding carboxylic acids is 3. The minimum atomic E-state index is -0.343. The van der Waals surface area contributed by atoms with Crippen molar-refractivity contribution in [2.75, 3.05) is 12.4 Å². The Kier molecular flexibility index (Phi) is 4.65. The van der Waals surface area contributed by atoms with Crippen LogP contribution in [0.5, 0.6) is 0 Å². The standard InChI is InChI=1S/C20H20N2O3/c1-3-7-15(13-8-5-4-6-9-13)18(23)21-14-10-11-16-17(12-14)20(25)22(2)19(16)24/h4-6,8-12,15H,3,7H2,1-2H3,(H,21,23)/t15-/m1/s1. The van der Waals surface area contributed by atoms with Crippen LogP contribution in [-0.4, -0.2) is 29.7 Å². The third-order valence-corrected chi connectivity index (χ3v) is 4.45. The Morgan fingerprint density at radius 2 is 1.72 bits per heavy atom. The molecule has 0 bridgehead atoms. The maximum atomic E-state index is 12.7. The zero-order chi connectivity index (χ0) is 18.0. The molecule has 1 atom stereocenters. The van der Waals surface area contributed by atoms with Gasteiger partial charge in [0.25, 0.3) is 11.8 Å². The van der Waals surface area contributed by atoms with Crippen LogP contribution in [-0.2, 0) is 4.79 Å². The van der Waals surface area contributed by atoms with E-state index < -0.39 is 0 Å². The van der Waals surface area contributed by atoms with Gasteiger partial charge in [-0.25, -0.2) is 0 Å². The van der Waals surface area contributed by atoms with Gasteiger partial charge in [0, 0.05) is 12.7 Å². The molecule has 0 saturated heterocycles. The zero-order valence-corrected chi connectivity index (χ0v) is 14.3. The molecule has 1 aliphatic rings. The smallest absolute Gasteiger partial charge is 0.261 e. The summed E-state index contributed by atoms with van der Waals surface area (Å²) in [6, 6.07) is 14.5. The summed E-state index contributed by atoms with van der Waals surface area (Å²) >= 11 is 0. The van der Waals surface area contributed by atoms with Gasteiger partial charge in [0.05, 0.1) is 17.0 Å². The molecule has 3 amide bonds. The Morgan fingerprint density at radius 1 is 1.04 bits per heavy atom. The Bertz CT molecular complexity index is 830. The number of anilines is 1. The van der Waals surface area contributed by atoms with Crippen LogP contribution >= 0.6 is 0 Å². The largest absolute Gasteiger partial charge is 0.326 e. The summed E-state index contributed by atoms with van der Waals surface area (Å²) in [7, 11) is 1.45. The zero-order valence-electron chi connectivity index (χ0n) is 14.3. The van der Waals surface area contributed by atoms with Gasteiger partial charge in [-0.05, 0) is 30.2 Å². The molecule has 2 aromatic rings. The van der Waals surface area contributed by atoms with Crippen LogP contribution in [0.3, 0.4) is 0 Å². The van der Waals surface area contributed by atoms with Crippen LogP contribution in [0.1, 0.15) is 52.0 Å². The molecule has 0 unspecified atom stereocenters. The predicted molar refractivity (Wildman–Crippen MR) is 95.6 cm³/mol. The van der Waals surface area contributed by atoms with Gasteiger partial charge < -0.3 is 5.32 Å². The molecule has 0 fully saturated rings. The number of imide groups is 1. The van der Waals surface area contributed by atoms with Crippen molar-refractivity contribution in [1.29, 1.82) is 0 Å². The number of carbonyl (C=O) groups is 3. The Morgan fingerprint density at radius 3 is 2.40 bits per heavy atom. The van der Waals surface area contributed by atoms with Gasteiger partial charge in [-0.15, -0.1) is 0 Å². The minimum Gasteiger partial charge on any atom is -0.326 e. The molecule has 0 aliphatic carbocycles. The van der Waals surface area contributed by atoms with Crippen LogP contribution in [0.2, 0.25) is 0 Å². The normalized spacial score (nSPS) is 14.4. The van der Waals surface area contributed by atoms with Crippen LogP contribution in [0.25, 0.3) is 0 Å². The number of nitrogens with one attached hydrogen (secondary N) is 1. The molecule has 25 heavy (non-hydrogen) atoms.